The first kappa shape index (κ1) is 20.1. The normalized spacial score (nSPS) is 19.5. The molecule has 12 heteroatoms. The van der Waals surface area contributed by atoms with Gasteiger partial charge in [0.05, 0.1) is 23.4 Å². The number of sulfonamides is 1. The van der Waals surface area contributed by atoms with E-state index in [0.717, 1.165) is 16.7 Å². The van der Waals surface area contributed by atoms with Crippen LogP contribution in [0.1, 0.15) is 6.92 Å². The predicted octanol–water partition coefficient (Wildman–Crippen LogP) is 0.881. The zero-order valence-corrected chi connectivity index (χ0v) is 17.3. The fourth-order valence-corrected chi connectivity index (χ4v) is 5.38. The molecule has 1 aromatic carbocycles. The summed E-state index contributed by atoms with van der Waals surface area (Å²) in [6.07, 6.45) is 0. The summed E-state index contributed by atoms with van der Waals surface area (Å²) in [5.41, 5.74) is 0.812. The highest BCUT2D eigenvalue weighted by atomic mass is 32.2. The molecule has 2 aromatic rings. The Kier molecular flexibility index (Phi) is 5.51. The molecule has 0 unspecified atom stereocenters. The zero-order valence-electron chi connectivity index (χ0n) is 15.7. The number of imide groups is 1. The molecule has 0 saturated carbocycles. The zero-order chi connectivity index (χ0) is 20.6. The monoisotopic (exact) mass is 440 g/mol. The molecule has 2 saturated heterocycles. The molecule has 1 N–H and O–H groups in total. The van der Waals surface area contributed by atoms with Crippen molar-refractivity contribution in [2.45, 2.75) is 22.3 Å². The van der Waals surface area contributed by atoms with Crippen LogP contribution in [0, 0.1) is 0 Å². The lowest BCUT2D eigenvalue weighted by Gasteiger charge is -2.25. The van der Waals surface area contributed by atoms with Gasteiger partial charge in [-0.2, -0.15) is 4.31 Å². The van der Waals surface area contributed by atoms with Gasteiger partial charge in [-0.25, -0.2) is 18.2 Å². The van der Waals surface area contributed by atoms with Crippen LogP contribution in [-0.4, -0.2) is 79.2 Å². The van der Waals surface area contributed by atoms with Crippen LogP contribution in [0.3, 0.4) is 0 Å². The highest BCUT2D eigenvalue weighted by molar-refractivity contribution is 8.00. The Morgan fingerprint density at radius 1 is 1.28 bits per heavy atom. The summed E-state index contributed by atoms with van der Waals surface area (Å²) in [7, 11) is -3.64. The molecular weight excluding hydrogens is 420 g/mol. The average molecular weight is 441 g/mol. The third kappa shape index (κ3) is 3.97. The molecule has 0 aliphatic carbocycles. The highest BCUT2D eigenvalue weighted by Gasteiger charge is 2.31. The van der Waals surface area contributed by atoms with Crippen molar-refractivity contribution < 1.29 is 27.2 Å². The number of hydrogen-bond acceptors (Lipinski definition) is 8. The third-order valence-corrected chi connectivity index (χ3v) is 7.52. The van der Waals surface area contributed by atoms with Gasteiger partial charge in [-0.15, -0.1) is 0 Å². The van der Waals surface area contributed by atoms with E-state index in [0.29, 0.717) is 50.5 Å². The molecule has 1 atom stereocenters. The van der Waals surface area contributed by atoms with E-state index in [1.165, 1.54) is 16.4 Å². The van der Waals surface area contributed by atoms with E-state index in [1.54, 1.807) is 13.0 Å². The van der Waals surface area contributed by atoms with Crippen molar-refractivity contribution >= 4 is 44.8 Å². The molecular formula is C17H20N4O6S2. The number of carbonyl (C=O) groups excluding carboxylic acids is 2. The number of thioether (sulfide) groups is 1. The first-order valence-corrected chi connectivity index (χ1v) is 11.4. The van der Waals surface area contributed by atoms with Crippen molar-refractivity contribution in [3.63, 3.8) is 0 Å². The molecule has 0 radical (unpaired) electrons. The van der Waals surface area contributed by atoms with E-state index in [4.69, 9.17) is 9.15 Å². The summed E-state index contributed by atoms with van der Waals surface area (Å²) >= 11 is 1.08. The average Bonchev–Trinajstić information content (AvgIpc) is 3.32. The van der Waals surface area contributed by atoms with Gasteiger partial charge in [-0.1, -0.05) is 11.8 Å². The van der Waals surface area contributed by atoms with Crippen molar-refractivity contribution in [3.8, 4) is 0 Å². The number of rotatable bonds is 5. The minimum Gasteiger partial charge on any atom is -0.431 e. The van der Waals surface area contributed by atoms with E-state index < -0.39 is 21.3 Å². The number of ether oxygens (including phenoxy) is 1. The lowest BCUT2D eigenvalue weighted by molar-refractivity contribution is -0.126. The minimum absolute atomic E-state index is 0.134. The van der Waals surface area contributed by atoms with Crippen LogP contribution >= 0.6 is 11.8 Å². The molecule has 3 amide bonds. The molecule has 4 rings (SSSR count). The number of fused-ring (bicyclic) bond motifs is 1. The molecule has 156 valence electrons. The van der Waals surface area contributed by atoms with Gasteiger partial charge >= 0.3 is 6.03 Å². The van der Waals surface area contributed by atoms with Gasteiger partial charge < -0.3 is 14.5 Å². The van der Waals surface area contributed by atoms with Gasteiger partial charge in [0.15, 0.2) is 5.58 Å². The van der Waals surface area contributed by atoms with Crippen LogP contribution in [0.4, 0.5) is 4.79 Å². The SMILES string of the molecule is C[C@@H](Sc1nc2cc(S(=O)(=O)N3CCOCC3)ccc2o1)C(=O)N1CCNC1=O. The number of urea groups is 1. The van der Waals surface area contributed by atoms with Gasteiger partial charge in [-0.05, 0) is 25.1 Å². The maximum Gasteiger partial charge on any atom is 0.324 e. The fraction of sp³-hybridized carbons (Fsp3) is 0.471. The van der Waals surface area contributed by atoms with Crippen LogP contribution in [0.25, 0.3) is 11.1 Å². The number of nitrogens with zero attached hydrogens (tertiary/aromatic N) is 3. The van der Waals surface area contributed by atoms with Crippen molar-refractivity contribution in [3.05, 3.63) is 18.2 Å². The van der Waals surface area contributed by atoms with Gasteiger partial charge in [-0.3, -0.25) is 9.69 Å². The van der Waals surface area contributed by atoms with E-state index in [2.05, 4.69) is 10.3 Å². The summed E-state index contributed by atoms with van der Waals surface area (Å²) in [4.78, 5) is 29.7. The summed E-state index contributed by atoms with van der Waals surface area (Å²) in [5, 5.41) is 2.24. The fourth-order valence-electron chi connectivity index (χ4n) is 3.14. The number of benzene rings is 1. The van der Waals surface area contributed by atoms with Crippen molar-refractivity contribution in [2.24, 2.45) is 0 Å². The van der Waals surface area contributed by atoms with Gasteiger partial charge in [0.2, 0.25) is 15.9 Å². The number of aromatic nitrogens is 1. The molecule has 29 heavy (non-hydrogen) atoms. The molecule has 10 nitrogen and oxygen atoms in total. The molecule has 1 aromatic heterocycles. The van der Waals surface area contributed by atoms with Crippen LogP contribution in [-0.2, 0) is 19.6 Å². The van der Waals surface area contributed by atoms with Crippen LogP contribution < -0.4 is 5.32 Å². The second-order valence-corrected chi connectivity index (χ2v) is 9.84. The second-order valence-electron chi connectivity index (χ2n) is 6.61. The van der Waals surface area contributed by atoms with Crippen molar-refractivity contribution in [2.75, 3.05) is 39.4 Å². The van der Waals surface area contributed by atoms with E-state index in [9.17, 15) is 18.0 Å². The molecule has 2 aliphatic heterocycles. The maximum absolute atomic E-state index is 12.8. The van der Waals surface area contributed by atoms with Crippen molar-refractivity contribution in [1.29, 1.82) is 0 Å². The number of morpholine rings is 1. The molecule has 0 bridgehead atoms. The predicted molar refractivity (Wildman–Crippen MR) is 104 cm³/mol. The Balaban J connectivity index is 1.52. The third-order valence-electron chi connectivity index (χ3n) is 4.70. The molecule has 3 heterocycles. The Morgan fingerprint density at radius 2 is 2.03 bits per heavy atom. The Labute approximate surface area is 171 Å². The summed E-state index contributed by atoms with van der Waals surface area (Å²) < 4.78 is 37.8. The first-order valence-electron chi connectivity index (χ1n) is 9.10. The number of amides is 3. The van der Waals surface area contributed by atoms with Gasteiger partial charge in [0.1, 0.15) is 5.52 Å². The Bertz CT molecular complexity index is 1050. The minimum atomic E-state index is -3.64. The molecule has 2 fully saturated rings. The number of nitrogens with one attached hydrogen (secondary N) is 1. The Morgan fingerprint density at radius 3 is 2.72 bits per heavy atom. The van der Waals surface area contributed by atoms with Gasteiger partial charge in [0.25, 0.3) is 5.22 Å². The Hall–Kier alpha value is -2.15. The van der Waals surface area contributed by atoms with Crippen molar-refractivity contribution in [1.82, 2.24) is 19.5 Å². The van der Waals surface area contributed by atoms with Crippen LogP contribution in [0.5, 0.6) is 0 Å². The number of oxazole rings is 1. The quantitative estimate of drug-likeness (QED) is 0.680. The number of carbonyl (C=O) groups is 2. The topological polar surface area (TPSA) is 122 Å². The lowest BCUT2D eigenvalue weighted by atomic mass is 10.3. The van der Waals surface area contributed by atoms with E-state index in [-0.39, 0.29) is 16.0 Å². The smallest absolute Gasteiger partial charge is 0.324 e. The first-order chi connectivity index (χ1) is 13.9. The second kappa shape index (κ2) is 7.94. The van der Waals surface area contributed by atoms with E-state index >= 15 is 0 Å². The standard InChI is InChI=1S/C17H20N4O6S2/c1-11(15(22)21-5-4-18-16(21)23)28-17-19-13-10-12(2-3-14(13)27-17)29(24,25)20-6-8-26-9-7-20/h2-3,10-11H,4-9H2,1H3,(H,18,23)/t11-/m1/s1. The maximum atomic E-state index is 12.8. The summed E-state index contributed by atoms with van der Waals surface area (Å²) in [6.45, 7) is 3.79. The van der Waals surface area contributed by atoms with E-state index in [1.807, 2.05) is 0 Å². The lowest BCUT2D eigenvalue weighted by Crippen LogP contribution is -2.40. The van der Waals surface area contributed by atoms with Crippen LogP contribution in [0.15, 0.2) is 32.7 Å². The molecule has 2 aliphatic rings. The van der Waals surface area contributed by atoms with Crippen LogP contribution in [0.2, 0.25) is 0 Å². The van der Waals surface area contributed by atoms with Gasteiger partial charge in [0, 0.05) is 26.2 Å². The number of hydrogen-bond donors (Lipinski definition) is 1. The summed E-state index contributed by atoms with van der Waals surface area (Å²) in [6, 6.07) is 4.10. The molecule has 0 spiro atoms. The highest BCUT2D eigenvalue weighted by Crippen LogP contribution is 2.29. The largest absolute Gasteiger partial charge is 0.431 e. The summed E-state index contributed by atoms with van der Waals surface area (Å²) in [5.74, 6) is -0.331.